The van der Waals surface area contributed by atoms with Gasteiger partial charge in [-0.25, -0.2) is 0 Å². The van der Waals surface area contributed by atoms with Gasteiger partial charge in [0, 0.05) is 13.8 Å². The quantitative estimate of drug-likeness (QED) is 0.386. The lowest BCUT2D eigenvalue weighted by molar-refractivity contribution is -0.149. The molecule has 5 heteroatoms. The second-order valence-corrected chi connectivity index (χ2v) is 2.79. The minimum Gasteiger partial charge on any atom is -0.462 e. The molecule has 0 saturated heterocycles. The summed E-state index contributed by atoms with van der Waals surface area (Å²) in [6.07, 6.45) is 3.42. The maximum atomic E-state index is 10.1. The number of hydrogen-bond donors (Lipinski definition) is 0. The van der Waals surface area contributed by atoms with Crippen LogP contribution in [0.15, 0.2) is 25.3 Å². The van der Waals surface area contributed by atoms with Gasteiger partial charge in [-0.05, 0) is 0 Å². The van der Waals surface area contributed by atoms with Crippen molar-refractivity contribution in [2.45, 2.75) is 13.8 Å². The third kappa shape index (κ3) is 25.0. The van der Waals surface area contributed by atoms with Gasteiger partial charge in [0.1, 0.15) is 13.2 Å². The van der Waals surface area contributed by atoms with Gasteiger partial charge < -0.3 is 14.2 Å². The van der Waals surface area contributed by atoms with Crippen LogP contribution < -0.4 is 0 Å². The number of carbonyl (C=O) groups excluding carboxylic acids is 2. The minimum atomic E-state index is -0.368. The number of rotatable bonds is 7. The first-order valence-corrected chi connectivity index (χ1v) is 5.10. The molecule has 0 fully saturated rings. The van der Waals surface area contributed by atoms with Crippen LogP contribution in [0.1, 0.15) is 13.8 Å². The summed E-state index contributed by atoms with van der Waals surface area (Å²) in [5, 5.41) is 0. The van der Waals surface area contributed by atoms with E-state index in [1.54, 1.807) is 12.2 Å². The fourth-order valence-electron chi connectivity index (χ4n) is 0.605. The van der Waals surface area contributed by atoms with Crippen LogP contribution in [0.25, 0.3) is 0 Å². The molecule has 0 heterocycles. The average Bonchev–Trinajstić information content (AvgIpc) is 2.26. The smallest absolute Gasteiger partial charge is 0.302 e. The Bertz CT molecular complexity index is 211. The molecule has 0 aliphatic carbocycles. The van der Waals surface area contributed by atoms with Crippen LogP contribution in [0.4, 0.5) is 0 Å². The summed E-state index contributed by atoms with van der Waals surface area (Å²) < 4.78 is 13.8. The molecule has 0 amide bonds. The van der Waals surface area contributed by atoms with Gasteiger partial charge in [-0.2, -0.15) is 0 Å². The number of hydrogen-bond acceptors (Lipinski definition) is 5. The molecular formula is C12H20O5. The van der Waals surface area contributed by atoms with E-state index in [-0.39, 0.29) is 25.2 Å². The third-order valence-corrected chi connectivity index (χ3v) is 1.17. The van der Waals surface area contributed by atoms with Crippen molar-refractivity contribution in [2.75, 3.05) is 26.4 Å². The Hall–Kier alpha value is -1.62. The monoisotopic (exact) mass is 244 g/mol. The Morgan fingerprint density at radius 2 is 1.29 bits per heavy atom. The predicted octanol–water partition coefficient (Wildman–Crippen LogP) is 1.49. The van der Waals surface area contributed by atoms with E-state index in [9.17, 15) is 9.59 Å². The summed E-state index contributed by atoms with van der Waals surface area (Å²) in [6.45, 7) is 11.0. The van der Waals surface area contributed by atoms with Crippen molar-refractivity contribution in [1.29, 1.82) is 0 Å². The van der Waals surface area contributed by atoms with Gasteiger partial charge in [0.2, 0.25) is 0 Å². The van der Waals surface area contributed by atoms with Gasteiger partial charge in [0.25, 0.3) is 0 Å². The normalized spacial score (nSPS) is 8.35. The lowest BCUT2D eigenvalue weighted by Crippen LogP contribution is -2.09. The van der Waals surface area contributed by atoms with Gasteiger partial charge >= 0.3 is 11.9 Å². The summed E-state index contributed by atoms with van der Waals surface area (Å²) in [4.78, 5) is 20.3. The van der Waals surface area contributed by atoms with Crippen LogP contribution in [0.2, 0.25) is 0 Å². The second-order valence-electron chi connectivity index (χ2n) is 2.79. The summed E-state index contributed by atoms with van der Waals surface area (Å²) in [6, 6.07) is 0. The van der Waals surface area contributed by atoms with E-state index in [1.165, 1.54) is 13.8 Å². The van der Waals surface area contributed by atoms with E-state index in [2.05, 4.69) is 22.6 Å². The highest BCUT2D eigenvalue weighted by Crippen LogP contribution is 1.79. The zero-order valence-corrected chi connectivity index (χ0v) is 10.4. The Labute approximate surface area is 102 Å². The molecule has 0 aromatic carbocycles. The maximum absolute atomic E-state index is 10.1. The molecule has 0 aromatic rings. The molecule has 0 atom stereocenters. The molecule has 0 aliphatic heterocycles. The Morgan fingerprint density at radius 1 is 0.941 bits per heavy atom. The third-order valence-electron chi connectivity index (χ3n) is 1.17. The highest BCUT2D eigenvalue weighted by molar-refractivity contribution is 5.66. The van der Waals surface area contributed by atoms with E-state index < -0.39 is 0 Å². The zero-order chi connectivity index (χ0) is 13.5. The van der Waals surface area contributed by atoms with Crippen LogP contribution in [0.3, 0.4) is 0 Å². The van der Waals surface area contributed by atoms with E-state index in [1.807, 2.05) is 0 Å². The molecule has 0 aliphatic rings. The molecule has 0 saturated carbocycles. The first kappa shape index (κ1) is 17.8. The van der Waals surface area contributed by atoms with Crippen LogP contribution >= 0.6 is 0 Å². The molecule has 98 valence electrons. The molecule has 0 aromatic heterocycles. The van der Waals surface area contributed by atoms with Gasteiger partial charge in [0.05, 0.1) is 13.2 Å². The summed E-state index contributed by atoms with van der Waals surface area (Å²) in [5.41, 5.74) is 0. The highest BCUT2D eigenvalue weighted by atomic mass is 16.6. The molecule has 0 N–H and O–H groups in total. The van der Waals surface area contributed by atoms with Gasteiger partial charge in [-0.3, -0.25) is 9.59 Å². The number of carbonyl (C=O) groups is 2. The molecule has 0 unspecified atom stereocenters. The zero-order valence-electron chi connectivity index (χ0n) is 10.4. The van der Waals surface area contributed by atoms with Crippen molar-refractivity contribution < 1.29 is 23.8 Å². The van der Waals surface area contributed by atoms with Crippen molar-refractivity contribution in [3.05, 3.63) is 25.3 Å². The van der Waals surface area contributed by atoms with Gasteiger partial charge in [-0.1, -0.05) is 12.2 Å². The summed E-state index contributed by atoms with van der Waals surface area (Å²) in [7, 11) is 0. The Balaban J connectivity index is 0. The van der Waals surface area contributed by atoms with Crippen LogP contribution in [0, 0.1) is 0 Å². The van der Waals surface area contributed by atoms with Crippen LogP contribution in [-0.2, 0) is 23.8 Å². The fraction of sp³-hybridized carbons (Fsp3) is 0.500. The Morgan fingerprint density at radius 3 is 1.53 bits per heavy atom. The van der Waals surface area contributed by atoms with Crippen molar-refractivity contribution in [2.24, 2.45) is 0 Å². The minimum absolute atomic E-state index is 0.134. The molecule has 0 bridgehead atoms. The number of ether oxygens (including phenoxy) is 3. The van der Waals surface area contributed by atoms with Crippen molar-refractivity contribution in [1.82, 2.24) is 0 Å². The predicted molar refractivity (Wildman–Crippen MR) is 64.5 cm³/mol. The summed E-state index contributed by atoms with van der Waals surface area (Å²) >= 11 is 0. The van der Waals surface area contributed by atoms with Crippen molar-refractivity contribution in [3.63, 3.8) is 0 Å². The SMILES string of the molecule is C=CCOCC=C.CC(=O)OCCOC(C)=O. The first-order valence-electron chi connectivity index (χ1n) is 5.10. The fourth-order valence-corrected chi connectivity index (χ4v) is 0.605. The van der Waals surface area contributed by atoms with Gasteiger partial charge in [-0.15, -0.1) is 13.2 Å². The highest BCUT2D eigenvalue weighted by Gasteiger charge is 1.94. The van der Waals surface area contributed by atoms with E-state index >= 15 is 0 Å². The number of esters is 2. The van der Waals surface area contributed by atoms with Crippen molar-refractivity contribution >= 4 is 11.9 Å². The van der Waals surface area contributed by atoms with Crippen LogP contribution in [-0.4, -0.2) is 38.4 Å². The Kier molecular flexibility index (Phi) is 15.0. The van der Waals surface area contributed by atoms with Gasteiger partial charge in [0.15, 0.2) is 0 Å². The lowest BCUT2D eigenvalue weighted by atomic mass is 10.6. The average molecular weight is 244 g/mol. The standard InChI is InChI=1S/C6H10O4.C6H10O/c1-5(7)9-3-4-10-6(2)8;1-3-5-7-6-4-2/h3-4H2,1-2H3;3-4H,1-2,5-6H2. The molecular weight excluding hydrogens is 224 g/mol. The molecule has 0 radical (unpaired) electrons. The first-order chi connectivity index (χ1) is 8.04. The second kappa shape index (κ2) is 14.4. The topological polar surface area (TPSA) is 61.8 Å². The lowest BCUT2D eigenvalue weighted by Gasteiger charge is -2.00. The van der Waals surface area contributed by atoms with E-state index in [0.29, 0.717) is 13.2 Å². The van der Waals surface area contributed by atoms with E-state index in [0.717, 1.165) is 0 Å². The molecule has 5 nitrogen and oxygen atoms in total. The summed E-state index contributed by atoms with van der Waals surface area (Å²) in [5.74, 6) is -0.737. The molecule has 17 heavy (non-hydrogen) atoms. The molecule has 0 rings (SSSR count). The van der Waals surface area contributed by atoms with Crippen LogP contribution in [0.5, 0.6) is 0 Å². The largest absolute Gasteiger partial charge is 0.462 e. The molecule has 0 spiro atoms. The maximum Gasteiger partial charge on any atom is 0.302 e. The van der Waals surface area contributed by atoms with Crippen molar-refractivity contribution in [3.8, 4) is 0 Å². The van der Waals surface area contributed by atoms with E-state index in [4.69, 9.17) is 4.74 Å².